The van der Waals surface area contributed by atoms with Crippen LogP contribution in [0.15, 0.2) is 71.2 Å². The molecule has 0 heterocycles. The molecule has 2 aromatic carbocycles. The molecule has 2 aliphatic carbocycles. The zero-order valence-electron chi connectivity index (χ0n) is 28.1. The molecule has 0 saturated heterocycles. The van der Waals surface area contributed by atoms with Gasteiger partial charge in [-0.15, -0.1) is 10.0 Å². The van der Waals surface area contributed by atoms with Gasteiger partial charge in [-0.2, -0.15) is 0 Å². The standard InChI is InChI=1S/2C17H27N3O2/c2*1-17(2,3)19(4)20(21)18-22-16-12-10-15(11-13-16)14-8-6-5-7-9-14/h2*5-9,15-16H,10-13H2,1-4H3/b2*20-18-. The summed E-state index contributed by atoms with van der Waals surface area (Å²) in [6, 6.07) is 21.2. The molecule has 0 radical (unpaired) electrons. The lowest BCUT2D eigenvalue weighted by Gasteiger charge is -2.28. The molecule has 2 fully saturated rings. The number of hydrogen-bond donors (Lipinski definition) is 0. The highest BCUT2D eigenvalue weighted by molar-refractivity contribution is 5.20. The van der Waals surface area contributed by atoms with E-state index in [1.807, 2.05) is 53.7 Å². The number of hydrazine groups is 2. The number of benzene rings is 2. The molecular weight excluding hydrogens is 556 g/mol. The molecule has 2 saturated carbocycles. The van der Waals surface area contributed by atoms with Gasteiger partial charge < -0.3 is 20.1 Å². The van der Waals surface area contributed by atoms with Crippen LogP contribution in [-0.4, -0.2) is 57.3 Å². The molecule has 0 atom stereocenters. The van der Waals surface area contributed by atoms with Crippen molar-refractivity contribution in [3.8, 4) is 0 Å². The summed E-state index contributed by atoms with van der Waals surface area (Å²) in [5.74, 6) is 1.20. The Morgan fingerprint density at radius 1 is 0.568 bits per heavy atom. The van der Waals surface area contributed by atoms with Crippen molar-refractivity contribution >= 4 is 0 Å². The molecule has 0 unspecified atom stereocenters. The van der Waals surface area contributed by atoms with E-state index in [-0.39, 0.29) is 23.3 Å². The lowest BCUT2D eigenvalue weighted by atomic mass is 9.83. The van der Waals surface area contributed by atoms with Gasteiger partial charge in [-0.3, -0.25) is 0 Å². The summed E-state index contributed by atoms with van der Waals surface area (Å²) in [5, 5.41) is 34.2. The molecule has 2 aliphatic rings. The SMILES string of the molecule is CN(/[N+]([O-])=N/OC1CCC(c2ccccc2)CC1)C(C)(C)C.CN(/[N+]([O-])=N/OC1CCC(c2ccccc2)CC1)C(C)(C)C. The average Bonchev–Trinajstić information content (AvgIpc) is 3.02. The van der Waals surface area contributed by atoms with Crippen LogP contribution in [0.4, 0.5) is 0 Å². The summed E-state index contributed by atoms with van der Waals surface area (Å²) in [6.45, 7) is 11.7. The van der Waals surface area contributed by atoms with Crippen LogP contribution in [0.25, 0.3) is 0 Å². The first-order valence-electron chi connectivity index (χ1n) is 16.0. The normalized spacial score (nSPS) is 23.2. The average molecular weight is 611 g/mol. The number of rotatable bonds is 8. The predicted octanol–water partition coefficient (Wildman–Crippen LogP) is 8.50. The molecule has 0 bridgehead atoms. The second-order valence-corrected chi connectivity index (χ2v) is 14.0. The van der Waals surface area contributed by atoms with Crippen LogP contribution in [-0.2, 0) is 9.68 Å². The fourth-order valence-corrected chi connectivity index (χ4v) is 5.29. The Hall–Kier alpha value is -3.56. The highest BCUT2D eigenvalue weighted by Gasteiger charge is 2.28. The van der Waals surface area contributed by atoms with Crippen molar-refractivity contribution in [1.29, 1.82) is 0 Å². The highest BCUT2D eigenvalue weighted by atomic mass is 16.7. The van der Waals surface area contributed by atoms with E-state index in [0.29, 0.717) is 21.8 Å². The minimum absolute atomic E-state index is 0.0461. The topological polar surface area (TPSA) is 102 Å². The van der Waals surface area contributed by atoms with Gasteiger partial charge in [-0.05, 0) is 116 Å². The van der Waals surface area contributed by atoms with Crippen LogP contribution >= 0.6 is 0 Å². The Morgan fingerprint density at radius 3 is 1.14 bits per heavy atom. The summed E-state index contributed by atoms with van der Waals surface area (Å²) in [7, 11) is 3.43. The molecule has 10 heteroatoms. The summed E-state index contributed by atoms with van der Waals surface area (Å²) in [5.41, 5.74) is 2.24. The van der Waals surface area contributed by atoms with Crippen molar-refractivity contribution in [3.05, 3.63) is 82.2 Å². The number of nitrogens with zero attached hydrogens (tertiary/aromatic N) is 6. The van der Waals surface area contributed by atoms with Crippen molar-refractivity contribution in [1.82, 2.24) is 10.0 Å². The van der Waals surface area contributed by atoms with E-state index in [1.165, 1.54) is 21.1 Å². The maximum Gasteiger partial charge on any atom is 0.233 e. The van der Waals surface area contributed by atoms with Gasteiger partial charge in [0.25, 0.3) is 0 Å². The Labute approximate surface area is 264 Å². The zero-order chi connectivity index (χ0) is 32.3. The molecular formula is C34H54N6O4. The Kier molecular flexibility index (Phi) is 12.7. The van der Waals surface area contributed by atoms with E-state index in [9.17, 15) is 10.4 Å². The molecule has 0 aromatic heterocycles. The summed E-state index contributed by atoms with van der Waals surface area (Å²) in [6.07, 6.45) is 8.18. The van der Waals surface area contributed by atoms with E-state index in [4.69, 9.17) is 9.68 Å². The Balaban J connectivity index is 0.000000240. The van der Waals surface area contributed by atoms with Gasteiger partial charge in [0.2, 0.25) is 10.6 Å². The monoisotopic (exact) mass is 610 g/mol. The lowest BCUT2D eigenvalue weighted by Crippen LogP contribution is -2.42. The van der Waals surface area contributed by atoms with Crippen molar-refractivity contribution < 1.29 is 19.6 Å². The van der Waals surface area contributed by atoms with Crippen LogP contribution in [0.1, 0.15) is 116 Å². The van der Waals surface area contributed by atoms with Crippen LogP contribution in [0.5, 0.6) is 0 Å². The van der Waals surface area contributed by atoms with Gasteiger partial charge in [0.15, 0.2) is 0 Å². The second-order valence-electron chi connectivity index (χ2n) is 14.0. The third kappa shape index (κ3) is 10.9. The fraction of sp³-hybridized carbons (Fsp3) is 0.647. The zero-order valence-corrected chi connectivity index (χ0v) is 28.1. The van der Waals surface area contributed by atoms with Crippen LogP contribution < -0.4 is 0 Å². The molecule has 0 N–H and O–H groups in total. The van der Waals surface area contributed by atoms with E-state index >= 15 is 0 Å². The first kappa shape index (κ1) is 34.9. The van der Waals surface area contributed by atoms with E-state index in [1.54, 1.807) is 14.1 Å². The van der Waals surface area contributed by atoms with Crippen LogP contribution in [0.3, 0.4) is 0 Å². The number of hydrogen-bond acceptors (Lipinski definition) is 6. The van der Waals surface area contributed by atoms with Gasteiger partial charge in [0.05, 0.1) is 35.1 Å². The lowest BCUT2D eigenvalue weighted by molar-refractivity contribution is -0.720. The first-order valence-corrected chi connectivity index (χ1v) is 16.0. The van der Waals surface area contributed by atoms with E-state index < -0.39 is 0 Å². The summed E-state index contributed by atoms with van der Waals surface area (Å²) in [4.78, 5) is 12.0. The summed E-state index contributed by atoms with van der Waals surface area (Å²) >= 11 is 0. The van der Waals surface area contributed by atoms with Gasteiger partial charge in [-0.1, -0.05) is 60.7 Å². The third-order valence-electron chi connectivity index (χ3n) is 8.88. The fourth-order valence-electron chi connectivity index (χ4n) is 5.29. The van der Waals surface area contributed by atoms with Gasteiger partial charge in [-0.25, -0.2) is 0 Å². The van der Waals surface area contributed by atoms with Crippen molar-refractivity contribution in [2.24, 2.45) is 10.6 Å². The molecule has 0 amide bonds. The molecule has 2 aromatic rings. The molecule has 0 spiro atoms. The van der Waals surface area contributed by atoms with Crippen LogP contribution in [0.2, 0.25) is 0 Å². The van der Waals surface area contributed by atoms with Gasteiger partial charge >= 0.3 is 0 Å². The van der Waals surface area contributed by atoms with Crippen molar-refractivity contribution in [2.45, 2.75) is 128 Å². The quantitative estimate of drug-likeness (QED) is 0.169. The van der Waals surface area contributed by atoms with Crippen molar-refractivity contribution in [2.75, 3.05) is 14.1 Å². The minimum Gasteiger partial charge on any atom is -0.569 e. The molecule has 4 rings (SSSR count). The highest BCUT2D eigenvalue weighted by Crippen LogP contribution is 2.35. The van der Waals surface area contributed by atoms with Crippen LogP contribution in [0, 0.1) is 10.4 Å². The van der Waals surface area contributed by atoms with E-state index in [0.717, 1.165) is 51.4 Å². The summed E-state index contributed by atoms with van der Waals surface area (Å²) < 4.78 is 0. The van der Waals surface area contributed by atoms with Gasteiger partial charge in [0.1, 0.15) is 12.2 Å². The van der Waals surface area contributed by atoms with Crippen molar-refractivity contribution in [3.63, 3.8) is 0 Å². The van der Waals surface area contributed by atoms with Gasteiger partial charge in [0, 0.05) is 0 Å². The molecule has 0 aliphatic heterocycles. The second kappa shape index (κ2) is 16.0. The molecule has 244 valence electrons. The Bertz CT molecular complexity index is 1070. The smallest absolute Gasteiger partial charge is 0.233 e. The maximum atomic E-state index is 11.9. The molecule has 44 heavy (non-hydrogen) atoms. The minimum atomic E-state index is -0.278. The van der Waals surface area contributed by atoms with E-state index in [2.05, 4.69) is 59.1 Å². The third-order valence-corrected chi connectivity index (χ3v) is 8.88. The maximum absolute atomic E-state index is 11.9. The predicted molar refractivity (Wildman–Crippen MR) is 172 cm³/mol. The largest absolute Gasteiger partial charge is 0.569 e. The first-order chi connectivity index (χ1) is 20.8. The Morgan fingerprint density at radius 2 is 0.864 bits per heavy atom. The molecule has 10 nitrogen and oxygen atoms in total.